The van der Waals surface area contributed by atoms with Crippen LogP contribution in [0.5, 0.6) is 0 Å². The van der Waals surface area contributed by atoms with Gasteiger partial charge >= 0.3 is 5.69 Å². The van der Waals surface area contributed by atoms with Gasteiger partial charge in [0.05, 0.1) is 11.0 Å². The van der Waals surface area contributed by atoms with Crippen molar-refractivity contribution in [1.29, 1.82) is 0 Å². The first-order valence-corrected chi connectivity index (χ1v) is 7.17. The lowest BCUT2D eigenvalue weighted by Gasteiger charge is -2.12. The first kappa shape index (κ1) is 14.4. The molecular formula is C12H17N5O2S. The van der Waals surface area contributed by atoms with Crippen LogP contribution in [-0.4, -0.2) is 19.7 Å². The SMILES string of the molecule is CC(C)c1nn(C)c(NC(C)c2nccs2)c1[N+](=O)[O-]. The number of rotatable bonds is 5. The van der Waals surface area contributed by atoms with Gasteiger partial charge in [-0.05, 0) is 6.92 Å². The highest BCUT2D eigenvalue weighted by Crippen LogP contribution is 2.34. The van der Waals surface area contributed by atoms with Crippen LogP contribution >= 0.6 is 11.3 Å². The summed E-state index contributed by atoms with van der Waals surface area (Å²) in [5.74, 6) is 0.411. The smallest absolute Gasteiger partial charge is 0.334 e. The molecule has 0 aliphatic rings. The maximum atomic E-state index is 11.3. The third-order valence-corrected chi connectivity index (χ3v) is 3.91. The van der Waals surface area contributed by atoms with Crippen molar-refractivity contribution in [3.8, 4) is 0 Å². The standard InChI is InChI=1S/C12H17N5O2S/c1-7(2)9-10(17(18)19)11(16(4)15-9)14-8(3)12-13-5-6-20-12/h5-8,14H,1-4H3. The number of hydrogen-bond acceptors (Lipinski definition) is 6. The highest BCUT2D eigenvalue weighted by atomic mass is 32.1. The van der Waals surface area contributed by atoms with Crippen LogP contribution in [0.25, 0.3) is 0 Å². The fourth-order valence-corrected chi connectivity index (χ4v) is 2.63. The number of aromatic nitrogens is 3. The summed E-state index contributed by atoms with van der Waals surface area (Å²) in [5, 5.41) is 21.5. The zero-order valence-corrected chi connectivity index (χ0v) is 12.6. The largest absolute Gasteiger partial charge is 0.356 e. The third kappa shape index (κ3) is 2.64. The molecule has 2 aromatic heterocycles. The van der Waals surface area contributed by atoms with Crippen molar-refractivity contribution in [1.82, 2.24) is 14.8 Å². The Morgan fingerprint density at radius 2 is 2.15 bits per heavy atom. The number of aryl methyl sites for hydroxylation is 1. The average Bonchev–Trinajstić information content (AvgIpc) is 2.97. The van der Waals surface area contributed by atoms with Crippen molar-refractivity contribution in [3.63, 3.8) is 0 Å². The first-order chi connectivity index (χ1) is 9.41. The van der Waals surface area contributed by atoms with Gasteiger partial charge in [0, 0.05) is 24.5 Å². The van der Waals surface area contributed by atoms with E-state index in [1.165, 1.54) is 16.0 Å². The second kappa shape index (κ2) is 5.58. The molecule has 0 fully saturated rings. The maximum absolute atomic E-state index is 11.3. The quantitative estimate of drug-likeness (QED) is 0.676. The third-order valence-electron chi connectivity index (χ3n) is 2.95. The van der Waals surface area contributed by atoms with E-state index in [2.05, 4.69) is 15.4 Å². The van der Waals surface area contributed by atoms with E-state index in [-0.39, 0.29) is 22.6 Å². The van der Waals surface area contributed by atoms with Gasteiger partial charge in [0.15, 0.2) is 0 Å². The van der Waals surface area contributed by atoms with Crippen LogP contribution < -0.4 is 5.32 Å². The van der Waals surface area contributed by atoms with E-state index in [9.17, 15) is 10.1 Å². The Morgan fingerprint density at radius 1 is 1.45 bits per heavy atom. The summed E-state index contributed by atoms with van der Waals surface area (Å²) in [4.78, 5) is 15.2. The average molecular weight is 295 g/mol. The van der Waals surface area contributed by atoms with Crippen molar-refractivity contribution >= 4 is 22.8 Å². The highest BCUT2D eigenvalue weighted by Gasteiger charge is 2.29. The van der Waals surface area contributed by atoms with Gasteiger partial charge in [-0.1, -0.05) is 13.8 Å². The predicted octanol–water partition coefficient (Wildman–Crippen LogP) is 3.08. The normalized spacial score (nSPS) is 12.7. The Labute approximate surface area is 120 Å². The zero-order valence-electron chi connectivity index (χ0n) is 11.8. The van der Waals surface area contributed by atoms with Gasteiger partial charge in [0.25, 0.3) is 0 Å². The lowest BCUT2D eigenvalue weighted by atomic mass is 10.1. The summed E-state index contributed by atoms with van der Waals surface area (Å²) in [5.41, 5.74) is 0.539. The van der Waals surface area contributed by atoms with Crippen molar-refractivity contribution < 1.29 is 4.92 Å². The van der Waals surface area contributed by atoms with Gasteiger partial charge in [-0.2, -0.15) is 5.10 Å². The van der Waals surface area contributed by atoms with E-state index < -0.39 is 0 Å². The maximum Gasteiger partial charge on any atom is 0.334 e. The number of hydrogen-bond donors (Lipinski definition) is 1. The second-order valence-electron chi connectivity index (χ2n) is 4.85. The number of thiazole rings is 1. The monoisotopic (exact) mass is 295 g/mol. The Kier molecular flexibility index (Phi) is 4.03. The number of anilines is 1. The van der Waals surface area contributed by atoms with E-state index in [1.54, 1.807) is 13.2 Å². The number of nitro groups is 1. The Hall–Kier alpha value is -1.96. The molecule has 0 amide bonds. The minimum absolute atomic E-state index is 0.00711. The van der Waals surface area contributed by atoms with Crippen LogP contribution in [0.2, 0.25) is 0 Å². The molecule has 0 aromatic carbocycles. The summed E-state index contributed by atoms with van der Waals surface area (Å²) in [6, 6.07) is -0.107. The molecule has 0 saturated heterocycles. The highest BCUT2D eigenvalue weighted by molar-refractivity contribution is 7.09. The Balaban J connectivity index is 2.38. The summed E-state index contributed by atoms with van der Waals surface area (Å²) in [6.45, 7) is 5.71. The van der Waals surface area contributed by atoms with Crippen LogP contribution in [0.3, 0.4) is 0 Å². The molecule has 1 atom stereocenters. The van der Waals surface area contributed by atoms with Gasteiger partial charge in [-0.25, -0.2) is 9.67 Å². The van der Waals surface area contributed by atoms with Gasteiger partial charge < -0.3 is 5.32 Å². The molecule has 20 heavy (non-hydrogen) atoms. The lowest BCUT2D eigenvalue weighted by Crippen LogP contribution is -2.11. The molecule has 2 heterocycles. The van der Waals surface area contributed by atoms with Gasteiger partial charge in [-0.3, -0.25) is 10.1 Å². The molecule has 0 aliphatic carbocycles. The van der Waals surface area contributed by atoms with Crippen LogP contribution in [0.4, 0.5) is 11.5 Å². The van der Waals surface area contributed by atoms with Gasteiger partial charge in [0.1, 0.15) is 10.7 Å². The van der Waals surface area contributed by atoms with Crippen LogP contribution in [0.1, 0.15) is 43.4 Å². The topological polar surface area (TPSA) is 85.9 Å². The number of nitrogens with zero attached hydrogens (tertiary/aromatic N) is 4. The minimum atomic E-state index is -0.376. The van der Waals surface area contributed by atoms with Crippen molar-refractivity contribution in [2.75, 3.05) is 5.32 Å². The molecule has 0 bridgehead atoms. The summed E-state index contributed by atoms with van der Waals surface area (Å²) in [6.07, 6.45) is 1.72. The van der Waals surface area contributed by atoms with Crippen molar-refractivity contribution in [2.24, 2.45) is 7.05 Å². The summed E-state index contributed by atoms with van der Waals surface area (Å²) < 4.78 is 1.53. The number of nitrogens with one attached hydrogen (secondary N) is 1. The lowest BCUT2D eigenvalue weighted by molar-refractivity contribution is -0.384. The molecule has 1 N–H and O–H groups in total. The predicted molar refractivity (Wildman–Crippen MR) is 78.1 cm³/mol. The van der Waals surface area contributed by atoms with Crippen molar-refractivity contribution in [2.45, 2.75) is 32.7 Å². The fourth-order valence-electron chi connectivity index (χ4n) is 1.98. The van der Waals surface area contributed by atoms with E-state index in [1.807, 2.05) is 26.2 Å². The first-order valence-electron chi connectivity index (χ1n) is 6.29. The molecule has 0 spiro atoms. The molecule has 2 rings (SSSR count). The van der Waals surface area contributed by atoms with Gasteiger partial charge in [0.2, 0.25) is 5.82 Å². The van der Waals surface area contributed by atoms with Crippen LogP contribution in [-0.2, 0) is 7.05 Å². The van der Waals surface area contributed by atoms with Crippen LogP contribution in [0, 0.1) is 10.1 Å². The van der Waals surface area contributed by atoms with E-state index in [0.717, 1.165) is 5.01 Å². The van der Waals surface area contributed by atoms with Crippen LogP contribution in [0.15, 0.2) is 11.6 Å². The molecular weight excluding hydrogens is 278 g/mol. The molecule has 1 unspecified atom stereocenters. The molecule has 2 aromatic rings. The molecule has 0 saturated carbocycles. The second-order valence-corrected chi connectivity index (χ2v) is 5.78. The molecule has 0 aliphatic heterocycles. The molecule has 108 valence electrons. The Morgan fingerprint density at radius 3 is 2.65 bits per heavy atom. The van der Waals surface area contributed by atoms with E-state index in [4.69, 9.17) is 0 Å². The van der Waals surface area contributed by atoms with E-state index in [0.29, 0.717) is 11.5 Å². The van der Waals surface area contributed by atoms with Gasteiger partial charge in [-0.15, -0.1) is 11.3 Å². The molecule has 0 radical (unpaired) electrons. The molecule has 8 heteroatoms. The fraction of sp³-hybridized carbons (Fsp3) is 0.500. The minimum Gasteiger partial charge on any atom is -0.356 e. The summed E-state index contributed by atoms with van der Waals surface area (Å²) >= 11 is 1.51. The Bertz CT molecular complexity index is 606. The molecule has 7 nitrogen and oxygen atoms in total. The van der Waals surface area contributed by atoms with Crippen molar-refractivity contribution in [3.05, 3.63) is 32.4 Å². The zero-order chi connectivity index (χ0) is 14.9. The summed E-state index contributed by atoms with van der Waals surface area (Å²) in [7, 11) is 1.70. The van der Waals surface area contributed by atoms with E-state index >= 15 is 0 Å².